The van der Waals surface area contributed by atoms with Gasteiger partial charge in [0, 0.05) is 37.7 Å². The van der Waals surface area contributed by atoms with E-state index in [1.807, 2.05) is 48.5 Å². The van der Waals surface area contributed by atoms with Crippen LogP contribution in [-0.2, 0) is 16.1 Å². The summed E-state index contributed by atoms with van der Waals surface area (Å²) in [6, 6.07) is 17.2. The largest absolute Gasteiger partial charge is 0.299 e. The molecule has 0 aliphatic carbocycles. The van der Waals surface area contributed by atoms with Crippen LogP contribution in [0.4, 0.5) is 0 Å². The quantitative estimate of drug-likeness (QED) is 0.686. The number of Topliss-reactive ketones (excluding diaryl/α,β-unsaturated/α-hetero) is 2. The molecule has 3 rings (SSSR count). The van der Waals surface area contributed by atoms with E-state index in [1.165, 1.54) is 6.92 Å². The highest BCUT2D eigenvalue weighted by Crippen LogP contribution is 2.20. The predicted octanol–water partition coefficient (Wildman–Crippen LogP) is 3.40. The number of halogens is 1. The first-order valence-electron chi connectivity index (χ1n) is 9.31. The van der Waals surface area contributed by atoms with Crippen molar-refractivity contribution in [2.45, 2.75) is 19.4 Å². The lowest BCUT2D eigenvalue weighted by molar-refractivity contribution is -0.129. The molecule has 1 heterocycles. The lowest BCUT2D eigenvalue weighted by Gasteiger charge is -2.35. The van der Waals surface area contributed by atoms with Gasteiger partial charge in [0.1, 0.15) is 11.7 Å². The maximum atomic E-state index is 12.8. The minimum atomic E-state index is -0.660. The Morgan fingerprint density at radius 3 is 2.15 bits per heavy atom. The van der Waals surface area contributed by atoms with Crippen LogP contribution in [-0.4, -0.2) is 54.1 Å². The van der Waals surface area contributed by atoms with Gasteiger partial charge >= 0.3 is 0 Å². The highest BCUT2D eigenvalue weighted by Gasteiger charge is 2.28. The average Bonchev–Trinajstić information content (AvgIpc) is 2.66. The molecule has 1 fully saturated rings. The second-order valence-corrected chi connectivity index (χ2v) is 7.47. The van der Waals surface area contributed by atoms with Crippen molar-refractivity contribution < 1.29 is 9.59 Å². The third-order valence-electron chi connectivity index (χ3n) is 5.06. The Hall–Kier alpha value is -2.01. The molecular formula is C22H25ClN2O2. The van der Waals surface area contributed by atoms with Gasteiger partial charge in [-0.15, -0.1) is 0 Å². The van der Waals surface area contributed by atoms with E-state index in [4.69, 9.17) is 11.6 Å². The number of hydrogen-bond acceptors (Lipinski definition) is 4. The second-order valence-electron chi connectivity index (χ2n) is 7.06. The molecule has 1 unspecified atom stereocenters. The Morgan fingerprint density at radius 1 is 0.926 bits per heavy atom. The third-order valence-corrected chi connectivity index (χ3v) is 5.43. The number of hydrogen-bond donors (Lipinski definition) is 0. The third kappa shape index (κ3) is 5.25. The summed E-state index contributed by atoms with van der Waals surface area (Å²) in [5, 5.41) is 0.794. The standard InChI is InChI=1S/C22H25ClN2O2/c1-17(26)22(18-7-3-2-4-8-18)21(27)16-25-13-11-24(12-14-25)15-19-9-5-6-10-20(19)23/h2-10,22H,11-16H2,1H3. The molecule has 1 saturated heterocycles. The summed E-state index contributed by atoms with van der Waals surface area (Å²) in [7, 11) is 0. The van der Waals surface area contributed by atoms with Gasteiger partial charge in [-0.1, -0.05) is 60.1 Å². The lowest BCUT2D eigenvalue weighted by Crippen LogP contribution is -2.48. The van der Waals surface area contributed by atoms with Gasteiger partial charge < -0.3 is 0 Å². The fourth-order valence-corrected chi connectivity index (χ4v) is 3.77. The number of rotatable bonds is 7. The number of ketones is 2. The van der Waals surface area contributed by atoms with Crippen LogP contribution in [0, 0.1) is 0 Å². The van der Waals surface area contributed by atoms with Crippen molar-refractivity contribution in [3.8, 4) is 0 Å². The summed E-state index contributed by atoms with van der Waals surface area (Å²) < 4.78 is 0. The van der Waals surface area contributed by atoms with Gasteiger partial charge in [-0.3, -0.25) is 19.4 Å². The van der Waals surface area contributed by atoms with Gasteiger partial charge in [0.05, 0.1) is 6.54 Å². The van der Waals surface area contributed by atoms with E-state index in [9.17, 15) is 9.59 Å². The Kier molecular flexibility index (Phi) is 6.78. The van der Waals surface area contributed by atoms with E-state index in [1.54, 1.807) is 0 Å². The van der Waals surface area contributed by atoms with E-state index in [0.29, 0.717) is 6.54 Å². The zero-order chi connectivity index (χ0) is 19.2. The number of carbonyl (C=O) groups excluding carboxylic acids is 2. The monoisotopic (exact) mass is 384 g/mol. The van der Waals surface area contributed by atoms with E-state index < -0.39 is 5.92 Å². The molecule has 2 aromatic rings. The number of carbonyl (C=O) groups is 2. The Morgan fingerprint density at radius 2 is 1.52 bits per heavy atom. The SMILES string of the molecule is CC(=O)C(C(=O)CN1CCN(Cc2ccccc2Cl)CC1)c1ccccc1. The molecule has 4 nitrogen and oxygen atoms in total. The molecule has 0 amide bonds. The Bertz CT molecular complexity index is 786. The molecule has 2 aromatic carbocycles. The predicted molar refractivity (Wildman–Crippen MR) is 108 cm³/mol. The van der Waals surface area contributed by atoms with Gasteiger partial charge in [-0.05, 0) is 24.1 Å². The van der Waals surface area contributed by atoms with Crippen molar-refractivity contribution in [2.24, 2.45) is 0 Å². The van der Waals surface area contributed by atoms with Crippen LogP contribution in [0.1, 0.15) is 24.0 Å². The van der Waals surface area contributed by atoms with Crippen molar-refractivity contribution >= 4 is 23.2 Å². The Labute approximate surface area is 165 Å². The van der Waals surface area contributed by atoms with Gasteiger partial charge in [-0.2, -0.15) is 0 Å². The molecule has 1 aliphatic heterocycles. The average molecular weight is 385 g/mol. The molecule has 0 saturated carbocycles. The molecule has 0 bridgehead atoms. The highest BCUT2D eigenvalue weighted by molar-refractivity contribution is 6.31. The molecule has 27 heavy (non-hydrogen) atoms. The second kappa shape index (κ2) is 9.27. The molecule has 0 radical (unpaired) electrons. The molecule has 1 aliphatic rings. The van der Waals surface area contributed by atoms with Crippen molar-refractivity contribution in [3.05, 3.63) is 70.7 Å². The molecular weight excluding hydrogens is 360 g/mol. The molecule has 1 atom stereocenters. The van der Waals surface area contributed by atoms with E-state index in [2.05, 4.69) is 15.9 Å². The minimum Gasteiger partial charge on any atom is -0.299 e. The van der Waals surface area contributed by atoms with Crippen LogP contribution in [0.15, 0.2) is 54.6 Å². The lowest BCUT2D eigenvalue weighted by atomic mass is 9.91. The maximum absolute atomic E-state index is 12.8. The summed E-state index contributed by atoms with van der Waals surface area (Å²) in [5.41, 5.74) is 1.91. The van der Waals surface area contributed by atoms with Crippen molar-refractivity contribution in [3.63, 3.8) is 0 Å². The van der Waals surface area contributed by atoms with Crippen LogP contribution in [0.25, 0.3) is 0 Å². The minimum absolute atomic E-state index is 0.0201. The van der Waals surface area contributed by atoms with Gasteiger partial charge in [0.25, 0.3) is 0 Å². The van der Waals surface area contributed by atoms with Crippen LogP contribution < -0.4 is 0 Å². The fraction of sp³-hybridized carbons (Fsp3) is 0.364. The first-order chi connectivity index (χ1) is 13.0. The normalized spacial score (nSPS) is 16.8. The van der Waals surface area contributed by atoms with Gasteiger partial charge in [0.15, 0.2) is 5.78 Å². The summed E-state index contributed by atoms with van der Waals surface area (Å²) in [6.45, 7) is 6.03. The Balaban J connectivity index is 1.54. The summed E-state index contributed by atoms with van der Waals surface area (Å²) in [5.74, 6) is -0.774. The smallest absolute Gasteiger partial charge is 0.161 e. The van der Waals surface area contributed by atoms with E-state index in [-0.39, 0.29) is 11.6 Å². The van der Waals surface area contributed by atoms with Crippen molar-refractivity contribution in [2.75, 3.05) is 32.7 Å². The van der Waals surface area contributed by atoms with Crippen LogP contribution >= 0.6 is 11.6 Å². The fourth-order valence-electron chi connectivity index (χ4n) is 3.58. The van der Waals surface area contributed by atoms with Gasteiger partial charge in [0.2, 0.25) is 0 Å². The molecule has 0 spiro atoms. The summed E-state index contributed by atoms with van der Waals surface area (Å²) in [6.07, 6.45) is 0. The zero-order valence-electron chi connectivity index (χ0n) is 15.6. The molecule has 0 N–H and O–H groups in total. The first kappa shape index (κ1) is 19.7. The van der Waals surface area contributed by atoms with Crippen LogP contribution in [0.5, 0.6) is 0 Å². The van der Waals surface area contributed by atoms with Crippen molar-refractivity contribution in [1.29, 1.82) is 0 Å². The zero-order valence-corrected chi connectivity index (χ0v) is 16.4. The highest BCUT2D eigenvalue weighted by atomic mass is 35.5. The van der Waals surface area contributed by atoms with Crippen LogP contribution in [0.3, 0.4) is 0 Å². The number of nitrogens with zero attached hydrogens (tertiary/aromatic N) is 2. The summed E-state index contributed by atoms with van der Waals surface area (Å²) in [4.78, 5) is 29.3. The number of benzene rings is 2. The van der Waals surface area contributed by atoms with Gasteiger partial charge in [-0.25, -0.2) is 0 Å². The van der Waals surface area contributed by atoms with E-state index >= 15 is 0 Å². The molecule has 142 valence electrons. The van der Waals surface area contributed by atoms with Crippen molar-refractivity contribution in [1.82, 2.24) is 9.80 Å². The van der Waals surface area contributed by atoms with Crippen LogP contribution in [0.2, 0.25) is 5.02 Å². The maximum Gasteiger partial charge on any atom is 0.161 e. The van der Waals surface area contributed by atoms with E-state index in [0.717, 1.165) is 48.9 Å². The first-order valence-corrected chi connectivity index (χ1v) is 9.68. The molecule has 0 aromatic heterocycles. The molecule has 5 heteroatoms. The topological polar surface area (TPSA) is 40.6 Å². The summed E-state index contributed by atoms with van der Waals surface area (Å²) >= 11 is 6.25. The number of piperazine rings is 1.